The Hall–Kier alpha value is -0.260. The highest BCUT2D eigenvalue weighted by Crippen LogP contribution is 2.29. The summed E-state index contributed by atoms with van der Waals surface area (Å²) in [6.45, 7) is 0. The highest BCUT2D eigenvalue weighted by Gasteiger charge is 2.29. The first-order valence-electron chi connectivity index (χ1n) is 5.21. The molecule has 2 rings (SSSR count). The molecule has 1 aromatic carbocycles. The molecule has 1 heterocycles. The maximum absolute atomic E-state index is 11.3. The third kappa shape index (κ3) is 3.36. The molecule has 1 atom stereocenters. The lowest BCUT2D eigenvalue weighted by atomic mass is 10.2. The molecule has 1 fully saturated rings. The summed E-state index contributed by atoms with van der Waals surface area (Å²) in [6.07, 6.45) is 0.324. The highest BCUT2D eigenvalue weighted by molar-refractivity contribution is 9.10. The van der Waals surface area contributed by atoms with Crippen molar-refractivity contribution in [1.29, 1.82) is 0 Å². The minimum Gasteiger partial charge on any atom is -0.488 e. The number of hydrogen-bond acceptors (Lipinski definition) is 3. The topological polar surface area (TPSA) is 43.4 Å². The molecule has 0 saturated carbocycles. The van der Waals surface area contributed by atoms with Gasteiger partial charge in [-0.15, -0.1) is 11.6 Å². The largest absolute Gasteiger partial charge is 0.488 e. The number of rotatable bonds is 3. The average molecular weight is 340 g/mol. The molecule has 6 heteroatoms. The van der Waals surface area contributed by atoms with Crippen LogP contribution in [-0.4, -0.2) is 26.0 Å². The summed E-state index contributed by atoms with van der Waals surface area (Å²) in [5.74, 6) is 1.43. The predicted molar refractivity (Wildman–Crippen MR) is 71.4 cm³/mol. The molecule has 1 unspecified atom stereocenters. The zero-order valence-corrected chi connectivity index (χ0v) is 12.2. The summed E-state index contributed by atoms with van der Waals surface area (Å²) in [4.78, 5) is 0. The van der Waals surface area contributed by atoms with Crippen molar-refractivity contribution in [3.8, 4) is 5.75 Å². The van der Waals surface area contributed by atoms with Gasteiger partial charge >= 0.3 is 0 Å². The summed E-state index contributed by atoms with van der Waals surface area (Å²) in [6, 6.07) is 5.56. The third-order valence-electron chi connectivity index (χ3n) is 2.63. The molecular formula is C11H12BrClO3S. The predicted octanol–water partition coefficient (Wildman–Crippen LogP) is 2.75. The van der Waals surface area contributed by atoms with E-state index in [1.54, 1.807) is 0 Å². The van der Waals surface area contributed by atoms with Gasteiger partial charge in [-0.05, 0) is 40.0 Å². The Balaban J connectivity index is 2.09. The Morgan fingerprint density at radius 1 is 1.47 bits per heavy atom. The zero-order chi connectivity index (χ0) is 12.5. The minimum absolute atomic E-state index is 0.108. The summed E-state index contributed by atoms with van der Waals surface area (Å²) in [5.41, 5.74) is 0.991. The second kappa shape index (κ2) is 5.16. The lowest BCUT2D eigenvalue weighted by Gasteiger charge is -2.13. The Kier molecular flexibility index (Phi) is 4.00. The number of hydrogen-bond donors (Lipinski definition) is 0. The minimum atomic E-state index is -2.90. The molecule has 1 aromatic rings. The van der Waals surface area contributed by atoms with Crippen molar-refractivity contribution in [1.82, 2.24) is 0 Å². The molecule has 1 aliphatic rings. The number of benzene rings is 1. The van der Waals surface area contributed by atoms with Gasteiger partial charge in [0.15, 0.2) is 9.84 Å². The van der Waals surface area contributed by atoms with Crippen LogP contribution in [0.15, 0.2) is 22.7 Å². The molecule has 3 nitrogen and oxygen atoms in total. The number of alkyl halides is 1. The van der Waals surface area contributed by atoms with Gasteiger partial charge in [-0.1, -0.05) is 6.07 Å². The van der Waals surface area contributed by atoms with E-state index in [0.717, 1.165) is 10.0 Å². The van der Waals surface area contributed by atoms with Crippen molar-refractivity contribution < 1.29 is 13.2 Å². The fourth-order valence-corrected chi connectivity index (χ4v) is 4.03. The molecule has 0 spiro atoms. The summed E-state index contributed by atoms with van der Waals surface area (Å²) < 4.78 is 29.1. The second-order valence-electron chi connectivity index (χ2n) is 4.04. The van der Waals surface area contributed by atoms with Gasteiger partial charge in [0.1, 0.15) is 11.9 Å². The maximum Gasteiger partial charge on any atom is 0.154 e. The molecule has 0 aromatic heterocycles. The molecule has 17 heavy (non-hydrogen) atoms. The summed E-state index contributed by atoms with van der Waals surface area (Å²) in [5, 5.41) is 0. The van der Waals surface area contributed by atoms with E-state index in [0.29, 0.717) is 18.1 Å². The van der Waals surface area contributed by atoms with E-state index in [1.165, 1.54) is 0 Å². The average Bonchev–Trinajstić information content (AvgIpc) is 2.61. The van der Waals surface area contributed by atoms with Crippen molar-refractivity contribution in [3.63, 3.8) is 0 Å². The lowest BCUT2D eigenvalue weighted by Crippen LogP contribution is -2.17. The van der Waals surface area contributed by atoms with Crippen molar-refractivity contribution in [2.75, 3.05) is 11.5 Å². The van der Waals surface area contributed by atoms with Crippen molar-refractivity contribution >= 4 is 37.4 Å². The Labute approximate surface area is 114 Å². The van der Waals surface area contributed by atoms with E-state index in [4.69, 9.17) is 16.3 Å². The van der Waals surface area contributed by atoms with Crippen LogP contribution in [0.4, 0.5) is 0 Å². The van der Waals surface area contributed by atoms with Crippen LogP contribution < -0.4 is 4.74 Å². The molecule has 0 radical (unpaired) electrons. The first-order chi connectivity index (χ1) is 8.00. The zero-order valence-electron chi connectivity index (χ0n) is 9.03. The smallest absolute Gasteiger partial charge is 0.154 e. The third-order valence-corrected chi connectivity index (χ3v) is 5.30. The standard InChI is InChI=1S/C11H12BrClO3S/c12-10-5-8(6-13)1-2-11(10)16-9-3-4-17(14,15)7-9/h1-2,5,9H,3-4,6-7H2. The van der Waals surface area contributed by atoms with Gasteiger partial charge in [-0.2, -0.15) is 0 Å². The van der Waals surface area contributed by atoms with Crippen LogP contribution in [0, 0.1) is 0 Å². The van der Waals surface area contributed by atoms with Gasteiger partial charge in [0.25, 0.3) is 0 Å². The molecule has 1 saturated heterocycles. The van der Waals surface area contributed by atoms with Crippen molar-refractivity contribution in [2.45, 2.75) is 18.4 Å². The molecule has 0 amide bonds. The van der Waals surface area contributed by atoms with Crippen LogP contribution in [0.1, 0.15) is 12.0 Å². The SMILES string of the molecule is O=S1(=O)CCC(Oc2ccc(CCl)cc2Br)C1. The van der Waals surface area contributed by atoms with Crippen LogP contribution in [0.2, 0.25) is 0 Å². The second-order valence-corrected chi connectivity index (χ2v) is 7.39. The fourth-order valence-electron chi connectivity index (χ4n) is 1.76. The lowest BCUT2D eigenvalue weighted by molar-refractivity contribution is 0.227. The van der Waals surface area contributed by atoms with E-state index >= 15 is 0 Å². The quantitative estimate of drug-likeness (QED) is 0.795. The van der Waals surface area contributed by atoms with Gasteiger partial charge in [-0.3, -0.25) is 0 Å². The van der Waals surface area contributed by atoms with Crippen LogP contribution >= 0.6 is 27.5 Å². The van der Waals surface area contributed by atoms with Gasteiger partial charge in [-0.25, -0.2) is 8.42 Å². The maximum atomic E-state index is 11.3. The number of ether oxygens (including phenoxy) is 1. The van der Waals surface area contributed by atoms with Crippen LogP contribution in [0.25, 0.3) is 0 Å². The van der Waals surface area contributed by atoms with Crippen molar-refractivity contribution in [3.05, 3.63) is 28.2 Å². The normalized spacial score (nSPS) is 22.6. The Morgan fingerprint density at radius 2 is 2.24 bits per heavy atom. The van der Waals surface area contributed by atoms with Gasteiger partial charge in [0.2, 0.25) is 0 Å². The van der Waals surface area contributed by atoms with E-state index in [-0.39, 0.29) is 17.6 Å². The van der Waals surface area contributed by atoms with Crippen LogP contribution in [0.5, 0.6) is 5.75 Å². The molecular weight excluding hydrogens is 328 g/mol. The van der Waals surface area contributed by atoms with E-state index in [9.17, 15) is 8.42 Å². The van der Waals surface area contributed by atoms with Gasteiger partial charge in [0.05, 0.1) is 16.0 Å². The van der Waals surface area contributed by atoms with E-state index < -0.39 is 9.84 Å². The number of halogens is 2. The molecule has 1 aliphatic heterocycles. The monoisotopic (exact) mass is 338 g/mol. The Bertz CT molecular complexity index is 515. The molecule has 0 aliphatic carbocycles. The molecule has 94 valence electrons. The van der Waals surface area contributed by atoms with E-state index in [1.807, 2.05) is 18.2 Å². The van der Waals surface area contributed by atoms with E-state index in [2.05, 4.69) is 15.9 Å². The highest BCUT2D eigenvalue weighted by atomic mass is 79.9. The number of sulfone groups is 1. The van der Waals surface area contributed by atoms with Gasteiger partial charge in [0, 0.05) is 5.88 Å². The first-order valence-corrected chi connectivity index (χ1v) is 8.36. The Morgan fingerprint density at radius 3 is 2.76 bits per heavy atom. The first kappa shape index (κ1) is 13.2. The molecule has 0 bridgehead atoms. The van der Waals surface area contributed by atoms with Crippen LogP contribution in [-0.2, 0) is 15.7 Å². The summed E-state index contributed by atoms with van der Waals surface area (Å²) in [7, 11) is -2.90. The molecule has 0 N–H and O–H groups in total. The van der Waals surface area contributed by atoms with Gasteiger partial charge < -0.3 is 4.74 Å². The van der Waals surface area contributed by atoms with Crippen LogP contribution in [0.3, 0.4) is 0 Å². The van der Waals surface area contributed by atoms with Crippen molar-refractivity contribution in [2.24, 2.45) is 0 Å². The summed E-state index contributed by atoms with van der Waals surface area (Å²) >= 11 is 9.11. The fraction of sp³-hybridized carbons (Fsp3) is 0.455.